The monoisotopic (exact) mass is 296 g/mol. The van der Waals surface area contributed by atoms with Crippen LogP contribution in [0.2, 0.25) is 5.15 Å². The lowest BCUT2D eigenvalue weighted by Crippen LogP contribution is -2.00. The Balaban J connectivity index is 1.62. The van der Waals surface area contributed by atoms with E-state index >= 15 is 0 Å². The molecule has 2 aliphatic rings. The highest BCUT2D eigenvalue weighted by Crippen LogP contribution is 2.64. The maximum absolute atomic E-state index is 6.02. The molecule has 1 saturated carbocycles. The molecule has 5 rings (SSSR count). The zero-order chi connectivity index (χ0) is 14.0. The van der Waals surface area contributed by atoms with E-state index in [1.807, 2.05) is 10.6 Å². The summed E-state index contributed by atoms with van der Waals surface area (Å²) in [6.45, 7) is 0. The molecule has 2 aromatic heterocycles. The van der Waals surface area contributed by atoms with Gasteiger partial charge in [0.25, 0.3) is 0 Å². The highest BCUT2D eigenvalue weighted by molar-refractivity contribution is 6.29. The second kappa shape index (κ2) is 4.04. The molecule has 104 valence electrons. The summed E-state index contributed by atoms with van der Waals surface area (Å²) in [4.78, 5) is 0. The first-order chi connectivity index (χ1) is 10.3. The molecular formula is C16H13ClN4. The van der Waals surface area contributed by atoms with E-state index in [2.05, 4.69) is 39.6 Å². The van der Waals surface area contributed by atoms with Gasteiger partial charge < -0.3 is 0 Å². The zero-order valence-electron chi connectivity index (χ0n) is 11.3. The highest BCUT2D eigenvalue weighted by atomic mass is 35.5. The van der Waals surface area contributed by atoms with Gasteiger partial charge >= 0.3 is 0 Å². The topological polar surface area (TPSA) is 43.1 Å². The van der Waals surface area contributed by atoms with Gasteiger partial charge in [0.2, 0.25) is 0 Å². The smallest absolute Gasteiger partial charge is 0.178 e. The molecule has 21 heavy (non-hydrogen) atoms. The van der Waals surface area contributed by atoms with Gasteiger partial charge in [-0.3, -0.25) is 0 Å². The third-order valence-electron chi connectivity index (χ3n) is 4.88. The summed E-state index contributed by atoms with van der Waals surface area (Å²) in [7, 11) is 0. The SMILES string of the molecule is Clc1ccc2nnc(C3C4CCc5ccccc5C43)n2n1. The van der Waals surface area contributed by atoms with Crippen molar-refractivity contribution in [3.8, 4) is 0 Å². The van der Waals surface area contributed by atoms with Crippen molar-refractivity contribution < 1.29 is 0 Å². The summed E-state index contributed by atoms with van der Waals surface area (Å²) in [6.07, 6.45) is 2.39. The Labute approximate surface area is 126 Å². The summed E-state index contributed by atoms with van der Waals surface area (Å²) in [5, 5.41) is 13.5. The molecular weight excluding hydrogens is 284 g/mol. The van der Waals surface area contributed by atoms with E-state index in [-0.39, 0.29) is 0 Å². The molecule has 1 fully saturated rings. The van der Waals surface area contributed by atoms with E-state index in [4.69, 9.17) is 11.6 Å². The standard InChI is InChI=1S/C16H13ClN4/c17-12-7-8-13-18-19-16(21(13)20-12)15-11-6-5-9-3-1-2-4-10(9)14(11)15/h1-4,7-8,11,14-15H,5-6H2. The summed E-state index contributed by atoms with van der Waals surface area (Å²) >= 11 is 6.02. The van der Waals surface area contributed by atoms with Crippen LogP contribution in [0, 0.1) is 5.92 Å². The van der Waals surface area contributed by atoms with Crippen LogP contribution in [0.5, 0.6) is 0 Å². The van der Waals surface area contributed by atoms with Crippen LogP contribution in [0.3, 0.4) is 0 Å². The molecule has 2 heterocycles. The first kappa shape index (κ1) is 11.7. The molecule has 0 N–H and O–H groups in total. The number of rotatable bonds is 1. The van der Waals surface area contributed by atoms with Crippen LogP contribution in [0.25, 0.3) is 5.65 Å². The van der Waals surface area contributed by atoms with Crippen LogP contribution in [-0.2, 0) is 6.42 Å². The van der Waals surface area contributed by atoms with E-state index in [0.29, 0.717) is 22.9 Å². The van der Waals surface area contributed by atoms with Crippen molar-refractivity contribution >= 4 is 17.2 Å². The molecule has 0 bridgehead atoms. The van der Waals surface area contributed by atoms with Crippen LogP contribution in [0.4, 0.5) is 0 Å². The number of hydrogen-bond acceptors (Lipinski definition) is 3. The molecule has 3 atom stereocenters. The van der Waals surface area contributed by atoms with Crippen LogP contribution in [0.15, 0.2) is 36.4 Å². The number of hydrogen-bond donors (Lipinski definition) is 0. The number of aromatic nitrogens is 4. The van der Waals surface area contributed by atoms with Crippen LogP contribution in [0.1, 0.15) is 35.2 Å². The average molecular weight is 297 g/mol. The predicted molar refractivity (Wildman–Crippen MR) is 79.5 cm³/mol. The van der Waals surface area contributed by atoms with Crippen molar-refractivity contribution in [3.05, 3.63) is 58.5 Å². The molecule has 1 aromatic carbocycles. The minimum absolute atomic E-state index is 0.426. The van der Waals surface area contributed by atoms with Crippen molar-refractivity contribution in [1.82, 2.24) is 19.8 Å². The lowest BCUT2D eigenvalue weighted by atomic mass is 9.92. The lowest BCUT2D eigenvalue weighted by Gasteiger charge is -2.13. The summed E-state index contributed by atoms with van der Waals surface area (Å²) in [5.74, 6) is 2.63. The van der Waals surface area contributed by atoms with Gasteiger partial charge in [-0.1, -0.05) is 35.9 Å². The molecule has 3 aromatic rings. The molecule has 0 amide bonds. The fourth-order valence-corrected chi connectivity index (χ4v) is 4.05. The predicted octanol–water partition coefficient (Wildman–Crippen LogP) is 3.22. The number of fused-ring (bicyclic) bond motifs is 4. The van der Waals surface area contributed by atoms with Gasteiger partial charge in [-0.15, -0.1) is 10.2 Å². The second-order valence-corrected chi connectivity index (χ2v) is 6.32. The van der Waals surface area contributed by atoms with Crippen molar-refractivity contribution in [2.75, 3.05) is 0 Å². The second-order valence-electron chi connectivity index (χ2n) is 5.94. The van der Waals surface area contributed by atoms with Gasteiger partial charge in [0.1, 0.15) is 5.15 Å². The number of benzene rings is 1. The average Bonchev–Trinajstić information content (AvgIpc) is 3.11. The Morgan fingerprint density at radius 2 is 1.95 bits per heavy atom. The molecule has 0 saturated heterocycles. The highest BCUT2D eigenvalue weighted by Gasteiger charge is 2.56. The summed E-state index contributed by atoms with van der Waals surface area (Å²) in [5.41, 5.74) is 3.74. The Hall–Kier alpha value is -1.94. The van der Waals surface area contributed by atoms with Gasteiger partial charge in [-0.05, 0) is 47.9 Å². The largest absolute Gasteiger partial charge is 0.196 e. The van der Waals surface area contributed by atoms with E-state index in [9.17, 15) is 0 Å². The van der Waals surface area contributed by atoms with Crippen LogP contribution >= 0.6 is 11.6 Å². The van der Waals surface area contributed by atoms with Crippen molar-refractivity contribution in [3.63, 3.8) is 0 Å². The van der Waals surface area contributed by atoms with Crippen LogP contribution in [-0.4, -0.2) is 19.8 Å². The van der Waals surface area contributed by atoms with E-state index in [1.54, 1.807) is 6.07 Å². The molecule has 0 spiro atoms. The summed E-state index contributed by atoms with van der Waals surface area (Å²) < 4.78 is 1.81. The van der Waals surface area contributed by atoms with E-state index in [1.165, 1.54) is 24.0 Å². The Morgan fingerprint density at radius 3 is 2.90 bits per heavy atom. The van der Waals surface area contributed by atoms with Gasteiger partial charge in [0.05, 0.1) is 0 Å². The number of aryl methyl sites for hydroxylation is 1. The lowest BCUT2D eigenvalue weighted by molar-refractivity contribution is 0.650. The third-order valence-corrected chi connectivity index (χ3v) is 5.08. The van der Waals surface area contributed by atoms with Gasteiger partial charge in [-0.2, -0.15) is 9.61 Å². The Morgan fingerprint density at radius 1 is 1.05 bits per heavy atom. The van der Waals surface area contributed by atoms with E-state index < -0.39 is 0 Å². The molecule has 3 unspecified atom stereocenters. The summed E-state index contributed by atoms with van der Waals surface area (Å²) in [6, 6.07) is 12.4. The van der Waals surface area contributed by atoms with Crippen molar-refractivity contribution in [2.24, 2.45) is 5.92 Å². The molecule has 4 nitrogen and oxygen atoms in total. The van der Waals surface area contributed by atoms with Crippen molar-refractivity contribution in [1.29, 1.82) is 0 Å². The Bertz CT molecular complexity index is 856. The number of nitrogens with zero attached hydrogens (tertiary/aromatic N) is 4. The molecule has 5 heteroatoms. The third kappa shape index (κ3) is 1.59. The molecule has 0 radical (unpaired) electrons. The maximum Gasteiger partial charge on any atom is 0.178 e. The zero-order valence-corrected chi connectivity index (χ0v) is 12.0. The first-order valence-corrected chi connectivity index (χ1v) is 7.66. The molecule has 2 aliphatic carbocycles. The fraction of sp³-hybridized carbons (Fsp3) is 0.312. The molecule has 0 aliphatic heterocycles. The van der Waals surface area contributed by atoms with Gasteiger partial charge in [0, 0.05) is 5.92 Å². The van der Waals surface area contributed by atoms with E-state index in [0.717, 1.165) is 11.5 Å². The quantitative estimate of drug-likeness (QED) is 0.692. The maximum atomic E-state index is 6.02. The fourth-order valence-electron chi connectivity index (χ4n) is 3.91. The normalized spacial score (nSPS) is 26.4. The minimum atomic E-state index is 0.426. The first-order valence-electron chi connectivity index (χ1n) is 7.28. The van der Waals surface area contributed by atoms with Gasteiger partial charge in [-0.25, -0.2) is 0 Å². The van der Waals surface area contributed by atoms with Crippen LogP contribution < -0.4 is 0 Å². The van der Waals surface area contributed by atoms with Gasteiger partial charge in [0.15, 0.2) is 11.5 Å². The minimum Gasteiger partial charge on any atom is -0.196 e. The Kier molecular flexibility index (Phi) is 2.25. The van der Waals surface area contributed by atoms with Crippen molar-refractivity contribution in [2.45, 2.75) is 24.7 Å². The number of halogens is 1.